The summed E-state index contributed by atoms with van der Waals surface area (Å²) in [6, 6.07) is 22.0. The van der Waals surface area contributed by atoms with Gasteiger partial charge in [-0.05, 0) is 54.8 Å². The van der Waals surface area contributed by atoms with Crippen LogP contribution in [0.25, 0.3) is 0 Å². The van der Waals surface area contributed by atoms with Crippen LogP contribution in [0.3, 0.4) is 0 Å². The molecule has 2 N–H and O–H groups in total. The number of halogens is 1. The molecule has 1 fully saturated rings. The summed E-state index contributed by atoms with van der Waals surface area (Å²) in [5.41, 5.74) is 3.34. The average molecular weight is 462 g/mol. The second kappa shape index (κ2) is 9.25. The molecule has 6 nitrogen and oxygen atoms in total. The average Bonchev–Trinajstić information content (AvgIpc) is 3.34. The van der Waals surface area contributed by atoms with Crippen LogP contribution in [0.2, 0.25) is 5.02 Å². The van der Waals surface area contributed by atoms with Crippen molar-refractivity contribution in [3.8, 4) is 0 Å². The third-order valence-corrected chi connectivity index (χ3v) is 6.35. The van der Waals surface area contributed by atoms with Crippen molar-refractivity contribution >= 4 is 34.8 Å². The fraction of sp³-hybridized carbons (Fsp3) is 0.231. The number of ether oxygens (including phenoxy) is 1. The van der Waals surface area contributed by atoms with E-state index >= 15 is 0 Å². The first-order valence-corrected chi connectivity index (χ1v) is 11.4. The van der Waals surface area contributed by atoms with Crippen LogP contribution < -0.4 is 10.6 Å². The Hall–Kier alpha value is -3.35. The molecule has 0 spiro atoms. The molecule has 0 saturated carbocycles. The van der Waals surface area contributed by atoms with Gasteiger partial charge in [0.2, 0.25) is 0 Å². The molecule has 0 bridgehead atoms. The molecule has 0 aromatic heterocycles. The lowest BCUT2D eigenvalue weighted by Gasteiger charge is -2.39. The van der Waals surface area contributed by atoms with E-state index in [1.54, 1.807) is 24.3 Å². The molecule has 7 heteroatoms. The first kappa shape index (κ1) is 21.5. The molecule has 2 atom stereocenters. The molecule has 2 aliphatic rings. The number of amides is 2. The van der Waals surface area contributed by atoms with Gasteiger partial charge < -0.3 is 20.3 Å². The largest absolute Gasteiger partial charge is 0.376 e. The van der Waals surface area contributed by atoms with Gasteiger partial charge in [-0.3, -0.25) is 9.59 Å². The second-order valence-electron chi connectivity index (χ2n) is 8.24. The van der Waals surface area contributed by atoms with Crippen LogP contribution in [-0.4, -0.2) is 36.0 Å². The quantitative estimate of drug-likeness (QED) is 0.538. The minimum absolute atomic E-state index is 0.0200. The van der Waals surface area contributed by atoms with Crippen LogP contribution in [-0.2, 0) is 4.74 Å². The van der Waals surface area contributed by atoms with Crippen LogP contribution in [0.1, 0.15) is 45.3 Å². The van der Waals surface area contributed by atoms with E-state index in [2.05, 4.69) is 10.6 Å². The summed E-state index contributed by atoms with van der Waals surface area (Å²) >= 11 is 6.18. The van der Waals surface area contributed by atoms with E-state index in [-0.39, 0.29) is 24.1 Å². The van der Waals surface area contributed by atoms with E-state index in [0.29, 0.717) is 28.4 Å². The smallest absolute Gasteiger partial charge is 0.257 e. The maximum Gasteiger partial charge on any atom is 0.257 e. The summed E-state index contributed by atoms with van der Waals surface area (Å²) in [5, 5.41) is 6.82. The van der Waals surface area contributed by atoms with Crippen LogP contribution in [0.15, 0.2) is 72.8 Å². The first-order valence-electron chi connectivity index (χ1n) is 11.0. The normalized spacial score (nSPS) is 19.7. The van der Waals surface area contributed by atoms with Crippen molar-refractivity contribution < 1.29 is 14.3 Å². The Balaban J connectivity index is 1.44. The molecule has 2 unspecified atom stereocenters. The maximum absolute atomic E-state index is 13.4. The molecule has 33 heavy (non-hydrogen) atoms. The molecule has 0 radical (unpaired) electrons. The van der Waals surface area contributed by atoms with Crippen molar-refractivity contribution in [3.63, 3.8) is 0 Å². The topological polar surface area (TPSA) is 70.7 Å². The van der Waals surface area contributed by atoms with Crippen LogP contribution in [0.4, 0.5) is 11.4 Å². The number of hydrogen-bond donors (Lipinski definition) is 2. The molecule has 5 rings (SSSR count). The summed E-state index contributed by atoms with van der Waals surface area (Å²) < 4.78 is 5.82. The van der Waals surface area contributed by atoms with E-state index in [1.165, 1.54) is 0 Å². The van der Waals surface area contributed by atoms with Gasteiger partial charge in [-0.2, -0.15) is 0 Å². The Bertz CT molecular complexity index is 1190. The summed E-state index contributed by atoms with van der Waals surface area (Å²) in [5.74, 6) is -0.317. The molecule has 3 aromatic carbocycles. The minimum Gasteiger partial charge on any atom is -0.376 e. The molecule has 2 amide bonds. The number of rotatable bonds is 5. The Morgan fingerprint density at radius 1 is 1.09 bits per heavy atom. The van der Waals surface area contributed by atoms with Gasteiger partial charge in [0.15, 0.2) is 0 Å². The third kappa shape index (κ3) is 4.45. The van der Waals surface area contributed by atoms with Crippen molar-refractivity contribution in [1.29, 1.82) is 0 Å². The summed E-state index contributed by atoms with van der Waals surface area (Å²) in [7, 11) is 0. The molecule has 2 heterocycles. The molecule has 3 aromatic rings. The van der Waals surface area contributed by atoms with Crippen molar-refractivity contribution in [2.45, 2.75) is 25.1 Å². The molecule has 1 saturated heterocycles. The number of hydrogen-bond acceptors (Lipinski definition) is 4. The number of nitrogens with zero attached hydrogens (tertiary/aromatic N) is 1. The Morgan fingerprint density at radius 2 is 1.91 bits per heavy atom. The number of carbonyl (C=O) groups is 2. The van der Waals surface area contributed by atoms with E-state index in [4.69, 9.17) is 16.3 Å². The minimum atomic E-state index is -0.381. The number of benzene rings is 3. The summed E-state index contributed by atoms with van der Waals surface area (Å²) in [6.45, 7) is 1.23. The van der Waals surface area contributed by atoms with Crippen LogP contribution >= 0.6 is 11.6 Å². The third-order valence-electron chi connectivity index (χ3n) is 6.03. The van der Waals surface area contributed by atoms with Crippen LogP contribution in [0.5, 0.6) is 0 Å². The van der Waals surface area contributed by atoms with Gasteiger partial charge in [-0.25, -0.2) is 0 Å². The van der Waals surface area contributed by atoms with Gasteiger partial charge in [-0.15, -0.1) is 0 Å². The standard InChI is InChI=1S/C26H24ClN3O3/c27-22-12-3-1-10-20(22)25(31)28-18-8-5-7-17(15-18)24-29-23-13-4-2-11-21(23)26(32)30(24)16-19-9-6-14-33-19/h1-5,7-8,10-13,15,19,24,29H,6,9,14,16H2,(H,28,31). The number of para-hydroxylation sites is 1. The zero-order valence-corrected chi connectivity index (χ0v) is 18.7. The zero-order chi connectivity index (χ0) is 22.8. The SMILES string of the molecule is O=C(Nc1cccc(C2Nc3ccccc3C(=O)N2CC2CCCO2)c1)c1ccccc1Cl. The molecule has 0 aliphatic carbocycles. The first-order chi connectivity index (χ1) is 16.1. The fourth-order valence-corrected chi connectivity index (χ4v) is 4.60. The second-order valence-corrected chi connectivity index (χ2v) is 8.65. The highest BCUT2D eigenvalue weighted by molar-refractivity contribution is 6.34. The van der Waals surface area contributed by atoms with E-state index < -0.39 is 0 Å². The summed E-state index contributed by atoms with van der Waals surface area (Å²) in [6.07, 6.45) is 1.58. The Labute approximate surface area is 197 Å². The molecular formula is C26H24ClN3O3. The number of fused-ring (bicyclic) bond motifs is 1. The van der Waals surface area contributed by atoms with Crippen molar-refractivity contribution in [2.24, 2.45) is 0 Å². The maximum atomic E-state index is 13.4. The Kier molecular flexibility index (Phi) is 6.03. The molecular weight excluding hydrogens is 438 g/mol. The van der Waals surface area contributed by atoms with Gasteiger partial charge in [-0.1, -0.05) is 48.0 Å². The van der Waals surface area contributed by atoms with Gasteiger partial charge in [0.1, 0.15) is 6.17 Å². The van der Waals surface area contributed by atoms with E-state index in [9.17, 15) is 9.59 Å². The lowest BCUT2D eigenvalue weighted by molar-refractivity contribution is 0.0427. The highest BCUT2D eigenvalue weighted by Crippen LogP contribution is 2.35. The van der Waals surface area contributed by atoms with Gasteiger partial charge >= 0.3 is 0 Å². The van der Waals surface area contributed by atoms with Crippen LogP contribution in [0, 0.1) is 0 Å². The van der Waals surface area contributed by atoms with E-state index in [1.807, 2.05) is 53.4 Å². The van der Waals surface area contributed by atoms with Gasteiger partial charge in [0.05, 0.1) is 22.3 Å². The Morgan fingerprint density at radius 3 is 2.73 bits per heavy atom. The summed E-state index contributed by atoms with van der Waals surface area (Å²) in [4.78, 5) is 28.0. The lowest BCUT2D eigenvalue weighted by atomic mass is 10.0. The van der Waals surface area contributed by atoms with Gasteiger partial charge in [0.25, 0.3) is 11.8 Å². The van der Waals surface area contributed by atoms with E-state index in [0.717, 1.165) is 30.7 Å². The monoisotopic (exact) mass is 461 g/mol. The number of anilines is 2. The zero-order valence-electron chi connectivity index (χ0n) is 18.0. The van der Waals surface area contributed by atoms with Crippen molar-refractivity contribution in [1.82, 2.24) is 4.90 Å². The molecule has 168 valence electrons. The van der Waals surface area contributed by atoms with Crippen molar-refractivity contribution in [2.75, 3.05) is 23.8 Å². The highest BCUT2D eigenvalue weighted by atomic mass is 35.5. The predicted molar refractivity (Wildman–Crippen MR) is 129 cm³/mol. The predicted octanol–water partition coefficient (Wildman–Crippen LogP) is 5.34. The molecule has 2 aliphatic heterocycles. The van der Waals surface area contributed by atoms with Gasteiger partial charge in [0, 0.05) is 24.5 Å². The fourth-order valence-electron chi connectivity index (χ4n) is 4.38. The van der Waals surface area contributed by atoms with Crippen molar-refractivity contribution in [3.05, 3.63) is 94.5 Å². The lowest BCUT2D eigenvalue weighted by Crippen LogP contribution is -2.46. The number of nitrogens with one attached hydrogen (secondary N) is 2. The number of carbonyl (C=O) groups excluding carboxylic acids is 2. The highest BCUT2D eigenvalue weighted by Gasteiger charge is 2.35.